The van der Waals surface area contributed by atoms with Crippen LogP contribution in [0.2, 0.25) is 0 Å². The number of hydrogen-bond donors (Lipinski definition) is 1. The fraction of sp³-hybridized carbons (Fsp3) is 1.00. The Hall–Kier alpha value is -0.0800. The van der Waals surface area contributed by atoms with E-state index >= 15 is 0 Å². The Morgan fingerprint density at radius 3 is 2.59 bits per heavy atom. The molecule has 0 aromatic heterocycles. The molecular formula is C15H32N2. The highest BCUT2D eigenvalue weighted by Crippen LogP contribution is 2.29. The van der Waals surface area contributed by atoms with Gasteiger partial charge >= 0.3 is 0 Å². The number of nitrogens with two attached hydrogens (primary N) is 1. The van der Waals surface area contributed by atoms with Crippen molar-refractivity contribution in [1.29, 1.82) is 0 Å². The molecular weight excluding hydrogens is 208 g/mol. The van der Waals surface area contributed by atoms with E-state index in [-0.39, 0.29) is 0 Å². The second-order valence-electron chi connectivity index (χ2n) is 6.16. The predicted octanol–water partition coefficient (Wildman–Crippen LogP) is 3.26. The van der Waals surface area contributed by atoms with E-state index in [1.807, 2.05) is 0 Å². The van der Waals surface area contributed by atoms with Gasteiger partial charge < -0.3 is 5.73 Å². The van der Waals surface area contributed by atoms with E-state index in [0.29, 0.717) is 6.04 Å². The smallest absolute Gasteiger partial charge is 0.0243 e. The molecule has 1 fully saturated rings. The summed E-state index contributed by atoms with van der Waals surface area (Å²) in [6.07, 6.45) is 8.13. The van der Waals surface area contributed by atoms with Gasteiger partial charge in [-0.1, -0.05) is 40.0 Å². The normalized spacial score (nSPS) is 29.3. The molecule has 1 saturated carbocycles. The summed E-state index contributed by atoms with van der Waals surface area (Å²) in [7, 11) is 2.30. The molecule has 2 heteroatoms. The summed E-state index contributed by atoms with van der Waals surface area (Å²) < 4.78 is 0. The Labute approximate surface area is 108 Å². The van der Waals surface area contributed by atoms with Crippen LogP contribution in [0, 0.1) is 11.8 Å². The summed E-state index contributed by atoms with van der Waals surface area (Å²) in [5.74, 6) is 1.63. The van der Waals surface area contributed by atoms with Crippen molar-refractivity contribution in [3.05, 3.63) is 0 Å². The Morgan fingerprint density at radius 2 is 2.06 bits per heavy atom. The standard InChI is InChI=1S/C15H32N2/c1-5-7-13(3)15(11-16)17(4)14-9-6-8-12(2)10-14/h12-15H,5-11,16H2,1-4H3. The maximum Gasteiger partial charge on any atom is 0.0243 e. The van der Waals surface area contributed by atoms with Crippen LogP contribution in [0.15, 0.2) is 0 Å². The van der Waals surface area contributed by atoms with Crippen molar-refractivity contribution < 1.29 is 0 Å². The fourth-order valence-corrected chi connectivity index (χ4v) is 3.49. The monoisotopic (exact) mass is 240 g/mol. The molecule has 1 rings (SSSR count). The highest BCUT2D eigenvalue weighted by molar-refractivity contribution is 4.84. The fourth-order valence-electron chi connectivity index (χ4n) is 3.49. The minimum absolute atomic E-state index is 0.574. The van der Waals surface area contributed by atoms with Crippen molar-refractivity contribution in [2.75, 3.05) is 13.6 Å². The quantitative estimate of drug-likeness (QED) is 0.772. The van der Waals surface area contributed by atoms with Crippen LogP contribution >= 0.6 is 0 Å². The number of rotatable bonds is 6. The lowest BCUT2D eigenvalue weighted by Crippen LogP contribution is -2.49. The van der Waals surface area contributed by atoms with Crippen LogP contribution in [0.3, 0.4) is 0 Å². The van der Waals surface area contributed by atoms with Gasteiger partial charge in [0.25, 0.3) is 0 Å². The minimum Gasteiger partial charge on any atom is -0.329 e. The largest absolute Gasteiger partial charge is 0.329 e. The first-order valence-corrected chi connectivity index (χ1v) is 7.52. The van der Waals surface area contributed by atoms with Gasteiger partial charge in [0.05, 0.1) is 0 Å². The maximum absolute atomic E-state index is 6.00. The topological polar surface area (TPSA) is 29.3 Å². The molecule has 1 aliphatic rings. The van der Waals surface area contributed by atoms with E-state index in [4.69, 9.17) is 5.73 Å². The summed E-state index contributed by atoms with van der Waals surface area (Å²) in [5, 5.41) is 0. The van der Waals surface area contributed by atoms with Gasteiger partial charge in [-0.05, 0) is 38.1 Å². The van der Waals surface area contributed by atoms with Crippen LogP contribution in [0.25, 0.3) is 0 Å². The summed E-state index contributed by atoms with van der Waals surface area (Å²) in [6.45, 7) is 7.84. The van der Waals surface area contributed by atoms with Gasteiger partial charge in [-0.3, -0.25) is 4.90 Å². The lowest BCUT2D eigenvalue weighted by molar-refractivity contribution is 0.0899. The third-order valence-corrected chi connectivity index (χ3v) is 4.65. The van der Waals surface area contributed by atoms with Crippen molar-refractivity contribution in [3.63, 3.8) is 0 Å². The van der Waals surface area contributed by atoms with Gasteiger partial charge in [0, 0.05) is 18.6 Å². The van der Waals surface area contributed by atoms with Crippen LogP contribution in [0.5, 0.6) is 0 Å². The van der Waals surface area contributed by atoms with E-state index < -0.39 is 0 Å². The SMILES string of the molecule is CCCC(C)C(CN)N(C)C1CCCC(C)C1. The summed E-state index contributed by atoms with van der Waals surface area (Å²) in [6, 6.07) is 1.34. The van der Waals surface area contributed by atoms with Crippen molar-refractivity contribution >= 4 is 0 Å². The summed E-state index contributed by atoms with van der Waals surface area (Å²) in [4.78, 5) is 2.59. The van der Waals surface area contributed by atoms with Crippen LogP contribution in [-0.2, 0) is 0 Å². The van der Waals surface area contributed by atoms with E-state index in [1.54, 1.807) is 0 Å². The first-order valence-electron chi connectivity index (χ1n) is 7.52. The van der Waals surface area contributed by atoms with Crippen molar-refractivity contribution in [2.24, 2.45) is 17.6 Å². The zero-order valence-electron chi connectivity index (χ0n) is 12.3. The summed E-state index contributed by atoms with van der Waals surface area (Å²) in [5.41, 5.74) is 6.00. The molecule has 0 saturated heterocycles. The average Bonchev–Trinajstić information content (AvgIpc) is 2.30. The van der Waals surface area contributed by atoms with Crippen LogP contribution in [-0.4, -0.2) is 30.6 Å². The third kappa shape index (κ3) is 4.26. The van der Waals surface area contributed by atoms with E-state index in [2.05, 4.69) is 32.7 Å². The molecule has 0 heterocycles. The second kappa shape index (κ2) is 7.38. The molecule has 0 bridgehead atoms. The zero-order chi connectivity index (χ0) is 12.8. The average molecular weight is 240 g/mol. The molecule has 102 valence electrons. The first kappa shape index (κ1) is 15.0. The Bertz CT molecular complexity index is 205. The van der Waals surface area contributed by atoms with E-state index in [9.17, 15) is 0 Å². The molecule has 2 N–H and O–H groups in total. The third-order valence-electron chi connectivity index (χ3n) is 4.65. The maximum atomic E-state index is 6.00. The molecule has 4 atom stereocenters. The molecule has 0 aromatic rings. The number of likely N-dealkylation sites (N-methyl/N-ethyl adjacent to an activating group) is 1. The van der Waals surface area contributed by atoms with Gasteiger partial charge in [0.15, 0.2) is 0 Å². The molecule has 0 aromatic carbocycles. The van der Waals surface area contributed by atoms with Gasteiger partial charge in [0.2, 0.25) is 0 Å². The molecule has 0 aliphatic heterocycles. The minimum atomic E-state index is 0.574. The highest BCUT2D eigenvalue weighted by Gasteiger charge is 2.28. The highest BCUT2D eigenvalue weighted by atomic mass is 15.2. The van der Waals surface area contributed by atoms with Gasteiger partial charge in [-0.25, -0.2) is 0 Å². The number of nitrogens with zero attached hydrogens (tertiary/aromatic N) is 1. The molecule has 2 nitrogen and oxygen atoms in total. The van der Waals surface area contributed by atoms with Crippen LogP contribution in [0.4, 0.5) is 0 Å². The van der Waals surface area contributed by atoms with Gasteiger partial charge in [-0.15, -0.1) is 0 Å². The molecule has 17 heavy (non-hydrogen) atoms. The molecule has 1 aliphatic carbocycles. The van der Waals surface area contributed by atoms with Gasteiger partial charge in [-0.2, -0.15) is 0 Å². The van der Waals surface area contributed by atoms with Crippen LogP contribution in [0.1, 0.15) is 59.3 Å². The van der Waals surface area contributed by atoms with Gasteiger partial charge in [0.1, 0.15) is 0 Å². The molecule has 0 spiro atoms. The van der Waals surface area contributed by atoms with Crippen molar-refractivity contribution in [3.8, 4) is 0 Å². The van der Waals surface area contributed by atoms with E-state index in [0.717, 1.165) is 24.4 Å². The molecule has 0 radical (unpaired) electrons. The Balaban J connectivity index is 2.54. The first-order chi connectivity index (χ1) is 8.10. The molecule has 4 unspecified atom stereocenters. The second-order valence-corrected chi connectivity index (χ2v) is 6.16. The number of hydrogen-bond acceptors (Lipinski definition) is 2. The lowest BCUT2D eigenvalue weighted by atomic mass is 9.84. The predicted molar refractivity (Wildman–Crippen MR) is 76.1 cm³/mol. The van der Waals surface area contributed by atoms with Crippen molar-refractivity contribution in [2.45, 2.75) is 71.4 Å². The molecule has 0 amide bonds. The summed E-state index contributed by atoms with van der Waals surface area (Å²) >= 11 is 0. The lowest BCUT2D eigenvalue weighted by Gasteiger charge is -2.41. The van der Waals surface area contributed by atoms with Crippen LogP contribution < -0.4 is 5.73 Å². The van der Waals surface area contributed by atoms with Crippen molar-refractivity contribution in [1.82, 2.24) is 4.90 Å². The van der Waals surface area contributed by atoms with E-state index in [1.165, 1.54) is 38.5 Å². The Morgan fingerprint density at radius 1 is 1.35 bits per heavy atom. The Kier molecular flexibility index (Phi) is 6.50. The zero-order valence-corrected chi connectivity index (χ0v) is 12.3.